The van der Waals surface area contributed by atoms with Crippen molar-refractivity contribution in [2.24, 2.45) is 5.92 Å². The lowest BCUT2D eigenvalue weighted by Gasteiger charge is -2.38. The molecule has 4 rings (SSSR count). The van der Waals surface area contributed by atoms with Crippen molar-refractivity contribution in [2.75, 3.05) is 13.1 Å². The van der Waals surface area contributed by atoms with Crippen molar-refractivity contribution in [3.8, 4) is 0 Å². The Morgan fingerprint density at radius 1 is 1.16 bits per heavy atom. The van der Waals surface area contributed by atoms with Crippen LogP contribution in [0.15, 0.2) is 24.3 Å². The summed E-state index contributed by atoms with van der Waals surface area (Å²) in [6.07, 6.45) is 5.55. The van der Waals surface area contributed by atoms with Crippen LogP contribution in [-0.4, -0.2) is 41.9 Å². The minimum atomic E-state index is -0.0811. The number of hydrogen-bond donors (Lipinski definition) is 2. The van der Waals surface area contributed by atoms with E-state index in [0.29, 0.717) is 18.4 Å². The number of carbonyl (C=O) groups is 2. The summed E-state index contributed by atoms with van der Waals surface area (Å²) in [5.74, 6) is 0.815. The highest BCUT2D eigenvalue weighted by Crippen LogP contribution is 2.27. The summed E-state index contributed by atoms with van der Waals surface area (Å²) in [5, 5.41) is 6.15. The lowest BCUT2D eigenvalue weighted by atomic mass is 9.91. The molecule has 0 aromatic heterocycles. The molecule has 1 saturated carbocycles. The summed E-state index contributed by atoms with van der Waals surface area (Å²) in [7, 11) is 0. The molecule has 1 aromatic rings. The Bertz CT molecular complexity index is 656. The third-order valence-electron chi connectivity index (χ3n) is 5.72. The molecular formula is C20H27N3O2. The van der Waals surface area contributed by atoms with E-state index in [2.05, 4.69) is 39.8 Å². The number of hydrogen-bond acceptors (Lipinski definition) is 3. The molecule has 0 bridgehead atoms. The maximum atomic E-state index is 12.8. The van der Waals surface area contributed by atoms with Gasteiger partial charge in [-0.2, -0.15) is 0 Å². The first-order valence-corrected chi connectivity index (χ1v) is 9.57. The van der Waals surface area contributed by atoms with E-state index in [4.69, 9.17) is 0 Å². The molecule has 2 aliphatic heterocycles. The van der Waals surface area contributed by atoms with Crippen LogP contribution >= 0.6 is 0 Å². The summed E-state index contributed by atoms with van der Waals surface area (Å²) in [6.45, 7) is 2.48. The maximum absolute atomic E-state index is 12.8. The number of nitrogens with one attached hydrogen (secondary N) is 2. The van der Waals surface area contributed by atoms with Crippen molar-refractivity contribution in [3.05, 3.63) is 35.4 Å². The Labute approximate surface area is 149 Å². The third-order valence-corrected chi connectivity index (χ3v) is 5.72. The lowest BCUT2D eigenvalue weighted by Crippen LogP contribution is -2.52. The topological polar surface area (TPSA) is 61.4 Å². The van der Waals surface area contributed by atoms with Crippen molar-refractivity contribution in [1.29, 1.82) is 0 Å². The van der Waals surface area contributed by atoms with E-state index in [-0.39, 0.29) is 17.9 Å². The quantitative estimate of drug-likeness (QED) is 0.875. The standard InChI is InChI=1S/C20H27N3O2/c24-19-8-5-14(9-10-21-19)12-23-13-16-4-2-1-3-15(16)11-18(23)20(25)22-17-6-7-17/h1-4,14,17-18H,5-13H2,(H,21,24)(H,22,25)/t14?,18-/m0/s1. The Morgan fingerprint density at radius 3 is 2.76 bits per heavy atom. The van der Waals surface area contributed by atoms with Crippen molar-refractivity contribution in [2.45, 2.75) is 57.2 Å². The van der Waals surface area contributed by atoms with Gasteiger partial charge < -0.3 is 10.6 Å². The van der Waals surface area contributed by atoms with Crippen LogP contribution in [0.3, 0.4) is 0 Å². The van der Waals surface area contributed by atoms with E-state index in [1.807, 2.05) is 0 Å². The first-order chi connectivity index (χ1) is 12.2. The van der Waals surface area contributed by atoms with Gasteiger partial charge in [0.15, 0.2) is 0 Å². The molecule has 1 aromatic carbocycles. The van der Waals surface area contributed by atoms with Gasteiger partial charge in [-0.25, -0.2) is 0 Å². The predicted octanol–water partition coefficient (Wildman–Crippen LogP) is 1.61. The van der Waals surface area contributed by atoms with Gasteiger partial charge in [0.2, 0.25) is 11.8 Å². The number of rotatable bonds is 4. The molecule has 2 atom stereocenters. The number of fused-ring (bicyclic) bond motifs is 1. The van der Waals surface area contributed by atoms with Crippen molar-refractivity contribution in [1.82, 2.24) is 15.5 Å². The highest BCUT2D eigenvalue weighted by Gasteiger charge is 2.35. The van der Waals surface area contributed by atoms with Gasteiger partial charge in [-0.1, -0.05) is 24.3 Å². The average Bonchev–Trinajstić information content (AvgIpc) is 3.43. The van der Waals surface area contributed by atoms with E-state index in [0.717, 1.165) is 51.7 Å². The summed E-state index contributed by atoms with van der Waals surface area (Å²) < 4.78 is 0. The molecule has 134 valence electrons. The third kappa shape index (κ3) is 4.03. The lowest BCUT2D eigenvalue weighted by molar-refractivity contribution is -0.127. The number of carbonyl (C=O) groups excluding carboxylic acids is 2. The zero-order valence-corrected chi connectivity index (χ0v) is 14.7. The smallest absolute Gasteiger partial charge is 0.237 e. The van der Waals surface area contributed by atoms with E-state index >= 15 is 0 Å². The maximum Gasteiger partial charge on any atom is 0.237 e. The zero-order valence-electron chi connectivity index (χ0n) is 14.7. The van der Waals surface area contributed by atoms with E-state index in [9.17, 15) is 9.59 Å². The van der Waals surface area contributed by atoms with Crippen LogP contribution in [0.25, 0.3) is 0 Å². The minimum absolute atomic E-state index is 0.0811. The molecule has 2 fully saturated rings. The highest BCUT2D eigenvalue weighted by molar-refractivity contribution is 5.83. The molecule has 2 amide bonds. The molecule has 1 saturated heterocycles. The van der Waals surface area contributed by atoms with Gasteiger partial charge in [-0.05, 0) is 49.1 Å². The average molecular weight is 341 g/mol. The van der Waals surface area contributed by atoms with E-state index < -0.39 is 0 Å². The van der Waals surface area contributed by atoms with Gasteiger partial charge in [0.25, 0.3) is 0 Å². The summed E-state index contributed by atoms with van der Waals surface area (Å²) >= 11 is 0. The summed E-state index contributed by atoms with van der Waals surface area (Å²) in [5.41, 5.74) is 2.63. The van der Waals surface area contributed by atoms with Crippen molar-refractivity contribution in [3.63, 3.8) is 0 Å². The van der Waals surface area contributed by atoms with Crippen LogP contribution in [0.1, 0.15) is 43.2 Å². The largest absolute Gasteiger partial charge is 0.356 e. The summed E-state index contributed by atoms with van der Waals surface area (Å²) in [6, 6.07) is 8.78. The van der Waals surface area contributed by atoms with Gasteiger partial charge in [0, 0.05) is 32.1 Å². The molecule has 1 unspecified atom stereocenters. The number of benzene rings is 1. The Morgan fingerprint density at radius 2 is 1.96 bits per heavy atom. The molecule has 3 aliphatic rings. The molecular weight excluding hydrogens is 314 g/mol. The fraction of sp³-hybridized carbons (Fsp3) is 0.600. The molecule has 2 heterocycles. The van der Waals surface area contributed by atoms with Crippen LogP contribution in [0.5, 0.6) is 0 Å². The fourth-order valence-electron chi connectivity index (χ4n) is 4.05. The zero-order chi connectivity index (χ0) is 17.2. The van der Waals surface area contributed by atoms with Crippen LogP contribution in [0, 0.1) is 5.92 Å². The minimum Gasteiger partial charge on any atom is -0.356 e. The molecule has 25 heavy (non-hydrogen) atoms. The van der Waals surface area contributed by atoms with Gasteiger partial charge in [-0.15, -0.1) is 0 Å². The molecule has 0 spiro atoms. The highest BCUT2D eigenvalue weighted by atomic mass is 16.2. The first-order valence-electron chi connectivity index (χ1n) is 9.57. The normalized spacial score (nSPS) is 27.1. The number of nitrogens with zero attached hydrogens (tertiary/aromatic N) is 1. The monoisotopic (exact) mass is 341 g/mol. The van der Waals surface area contributed by atoms with E-state index in [1.165, 1.54) is 11.1 Å². The summed E-state index contributed by atoms with van der Waals surface area (Å²) in [4.78, 5) is 26.8. The van der Waals surface area contributed by atoms with Crippen LogP contribution in [0.4, 0.5) is 0 Å². The molecule has 1 aliphatic carbocycles. The molecule has 5 nitrogen and oxygen atoms in total. The van der Waals surface area contributed by atoms with E-state index in [1.54, 1.807) is 0 Å². The van der Waals surface area contributed by atoms with Gasteiger partial charge in [-0.3, -0.25) is 14.5 Å². The Hall–Kier alpha value is -1.88. The second kappa shape index (κ2) is 7.16. The van der Waals surface area contributed by atoms with Gasteiger partial charge in [0.05, 0.1) is 6.04 Å². The van der Waals surface area contributed by atoms with Crippen LogP contribution in [-0.2, 0) is 22.6 Å². The fourth-order valence-corrected chi connectivity index (χ4v) is 4.05. The number of amides is 2. The SMILES string of the molecule is O=C1CCC(CN2Cc3ccccc3C[C@H]2C(=O)NC2CC2)CCN1. The Kier molecular flexibility index (Phi) is 4.75. The molecule has 5 heteroatoms. The van der Waals surface area contributed by atoms with Gasteiger partial charge in [0.1, 0.15) is 0 Å². The molecule has 0 radical (unpaired) electrons. The second-order valence-electron chi connectivity index (χ2n) is 7.74. The van der Waals surface area contributed by atoms with Crippen LogP contribution in [0.2, 0.25) is 0 Å². The van der Waals surface area contributed by atoms with Crippen molar-refractivity contribution < 1.29 is 9.59 Å². The van der Waals surface area contributed by atoms with Crippen molar-refractivity contribution >= 4 is 11.8 Å². The Balaban J connectivity index is 1.49. The van der Waals surface area contributed by atoms with Gasteiger partial charge >= 0.3 is 0 Å². The van der Waals surface area contributed by atoms with Crippen LogP contribution < -0.4 is 10.6 Å². The molecule has 2 N–H and O–H groups in total. The second-order valence-corrected chi connectivity index (χ2v) is 7.74. The predicted molar refractivity (Wildman–Crippen MR) is 95.9 cm³/mol. The first kappa shape index (κ1) is 16.6.